The topological polar surface area (TPSA) is 69.3 Å². The summed E-state index contributed by atoms with van der Waals surface area (Å²) in [7, 11) is 0. The predicted molar refractivity (Wildman–Crippen MR) is 136 cm³/mol. The molecule has 1 aliphatic rings. The summed E-state index contributed by atoms with van der Waals surface area (Å²) in [5.41, 5.74) is 5.06. The SMILES string of the molecule is CCOc1ccc(CNC(=O)c2ccc(-c3c(-c4ccc(C)cc4)ncn3C3CCCC3)o2)cc1. The lowest BCUT2D eigenvalue weighted by atomic mass is 10.1. The van der Waals surface area contributed by atoms with E-state index in [4.69, 9.17) is 14.1 Å². The van der Waals surface area contributed by atoms with Crippen LogP contribution in [-0.4, -0.2) is 22.1 Å². The summed E-state index contributed by atoms with van der Waals surface area (Å²) in [6.07, 6.45) is 6.63. The van der Waals surface area contributed by atoms with Crippen molar-refractivity contribution in [3.05, 3.63) is 83.9 Å². The zero-order valence-corrected chi connectivity index (χ0v) is 20.3. The molecule has 1 aliphatic carbocycles. The highest BCUT2D eigenvalue weighted by molar-refractivity contribution is 5.92. The third-order valence-corrected chi connectivity index (χ3v) is 6.59. The van der Waals surface area contributed by atoms with Crippen LogP contribution in [0.15, 0.2) is 71.4 Å². The van der Waals surface area contributed by atoms with Crippen LogP contribution in [0.3, 0.4) is 0 Å². The minimum absolute atomic E-state index is 0.242. The third-order valence-electron chi connectivity index (χ3n) is 6.59. The number of ether oxygens (including phenoxy) is 1. The van der Waals surface area contributed by atoms with Gasteiger partial charge in [-0.15, -0.1) is 0 Å². The van der Waals surface area contributed by atoms with Gasteiger partial charge in [0.15, 0.2) is 11.5 Å². The second-order valence-corrected chi connectivity index (χ2v) is 9.08. The maximum absolute atomic E-state index is 12.9. The molecule has 1 N–H and O–H groups in total. The second-order valence-electron chi connectivity index (χ2n) is 9.08. The van der Waals surface area contributed by atoms with Gasteiger partial charge < -0.3 is 19.0 Å². The molecule has 0 atom stereocenters. The molecule has 1 amide bonds. The Bertz CT molecular complexity index is 1280. The number of hydrogen-bond acceptors (Lipinski definition) is 4. The van der Waals surface area contributed by atoms with Gasteiger partial charge in [0.1, 0.15) is 11.4 Å². The van der Waals surface area contributed by atoms with E-state index in [0.717, 1.165) is 41.1 Å². The molecule has 6 heteroatoms. The highest BCUT2D eigenvalue weighted by Crippen LogP contribution is 2.39. The van der Waals surface area contributed by atoms with Crippen molar-refractivity contribution in [3.8, 4) is 28.5 Å². The quantitative estimate of drug-likeness (QED) is 0.317. The Morgan fingerprint density at radius 2 is 1.80 bits per heavy atom. The Morgan fingerprint density at radius 1 is 1.06 bits per heavy atom. The molecule has 1 fully saturated rings. The first-order valence-corrected chi connectivity index (χ1v) is 12.4. The number of nitrogens with one attached hydrogen (secondary N) is 1. The molecule has 0 bridgehead atoms. The maximum atomic E-state index is 12.9. The van der Waals surface area contributed by atoms with Gasteiger partial charge in [0.25, 0.3) is 5.91 Å². The largest absolute Gasteiger partial charge is 0.494 e. The zero-order chi connectivity index (χ0) is 24.2. The van der Waals surface area contributed by atoms with Gasteiger partial charge in [-0.25, -0.2) is 4.98 Å². The predicted octanol–water partition coefficient (Wildman–Crippen LogP) is 6.56. The molecule has 180 valence electrons. The average molecular weight is 470 g/mol. The number of imidazole rings is 1. The van der Waals surface area contributed by atoms with Crippen molar-refractivity contribution in [1.29, 1.82) is 0 Å². The first kappa shape index (κ1) is 23.0. The van der Waals surface area contributed by atoms with Crippen LogP contribution in [0.5, 0.6) is 5.75 Å². The van der Waals surface area contributed by atoms with Gasteiger partial charge >= 0.3 is 0 Å². The summed E-state index contributed by atoms with van der Waals surface area (Å²) >= 11 is 0. The number of aryl methyl sites for hydroxylation is 1. The number of aromatic nitrogens is 2. The number of carbonyl (C=O) groups is 1. The number of hydrogen-bond donors (Lipinski definition) is 1. The Labute approximate surface area is 206 Å². The summed E-state index contributed by atoms with van der Waals surface area (Å²) in [5.74, 6) is 1.53. The maximum Gasteiger partial charge on any atom is 0.287 e. The standard InChI is InChI=1S/C29H31N3O3/c1-3-34-24-14-10-21(11-15-24)18-30-29(33)26-17-16-25(35-26)28-27(22-12-8-20(2)9-13-22)31-19-32(28)23-6-4-5-7-23/h8-17,19,23H,3-7,18H2,1-2H3,(H,30,33). The van der Waals surface area contributed by atoms with E-state index in [1.54, 1.807) is 6.07 Å². The number of benzene rings is 2. The molecule has 0 radical (unpaired) electrons. The van der Waals surface area contributed by atoms with Crippen LogP contribution in [-0.2, 0) is 6.54 Å². The fourth-order valence-corrected chi connectivity index (χ4v) is 4.71. The van der Waals surface area contributed by atoms with Gasteiger partial charge in [-0.2, -0.15) is 0 Å². The molecular formula is C29H31N3O3. The van der Waals surface area contributed by atoms with Gasteiger partial charge in [-0.3, -0.25) is 4.79 Å². The van der Waals surface area contributed by atoms with Gasteiger partial charge in [0.05, 0.1) is 18.6 Å². The Hall–Kier alpha value is -3.80. The minimum Gasteiger partial charge on any atom is -0.494 e. The highest BCUT2D eigenvalue weighted by Gasteiger charge is 2.25. The molecule has 4 aromatic rings. The normalized spacial score (nSPS) is 13.8. The van der Waals surface area contributed by atoms with E-state index in [1.165, 1.54) is 18.4 Å². The molecule has 0 spiro atoms. The van der Waals surface area contributed by atoms with E-state index in [-0.39, 0.29) is 5.91 Å². The lowest BCUT2D eigenvalue weighted by Crippen LogP contribution is -2.22. The van der Waals surface area contributed by atoms with Crippen molar-refractivity contribution in [2.45, 2.75) is 52.1 Å². The Kier molecular flexibility index (Phi) is 6.70. The highest BCUT2D eigenvalue weighted by atomic mass is 16.5. The molecule has 2 aromatic carbocycles. The number of amides is 1. The van der Waals surface area contributed by atoms with Crippen LogP contribution in [0.4, 0.5) is 0 Å². The fourth-order valence-electron chi connectivity index (χ4n) is 4.71. The second kappa shape index (κ2) is 10.2. The van der Waals surface area contributed by atoms with Crippen molar-refractivity contribution in [3.63, 3.8) is 0 Å². The van der Waals surface area contributed by atoms with E-state index < -0.39 is 0 Å². The lowest BCUT2D eigenvalue weighted by molar-refractivity contribution is 0.0924. The molecule has 2 heterocycles. The summed E-state index contributed by atoms with van der Waals surface area (Å²) in [5, 5.41) is 2.95. The fraction of sp³-hybridized carbons (Fsp3) is 0.310. The van der Waals surface area contributed by atoms with Gasteiger partial charge in [-0.05, 0) is 56.5 Å². The first-order valence-electron chi connectivity index (χ1n) is 12.4. The molecule has 5 rings (SSSR count). The van der Waals surface area contributed by atoms with Crippen molar-refractivity contribution < 1.29 is 13.9 Å². The molecule has 0 unspecified atom stereocenters. The van der Waals surface area contributed by atoms with E-state index in [2.05, 4.69) is 41.1 Å². The number of nitrogens with zero attached hydrogens (tertiary/aromatic N) is 2. The summed E-state index contributed by atoms with van der Waals surface area (Å²) in [4.78, 5) is 17.6. The molecule has 0 aliphatic heterocycles. The molecule has 2 aromatic heterocycles. The van der Waals surface area contributed by atoms with Crippen molar-refractivity contribution in [2.75, 3.05) is 6.61 Å². The average Bonchev–Trinajstić information content (AvgIpc) is 3.64. The van der Waals surface area contributed by atoms with Gasteiger partial charge in [0, 0.05) is 18.2 Å². The van der Waals surface area contributed by atoms with Crippen molar-refractivity contribution >= 4 is 5.91 Å². The molecular weight excluding hydrogens is 438 g/mol. The number of carbonyl (C=O) groups excluding carboxylic acids is 1. The molecule has 35 heavy (non-hydrogen) atoms. The van der Waals surface area contributed by atoms with E-state index in [0.29, 0.717) is 30.7 Å². The Morgan fingerprint density at radius 3 is 2.51 bits per heavy atom. The minimum atomic E-state index is -0.242. The Balaban J connectivity index is 1.38. The van der Waals surface area contributed by atoms with Crippen molar-refractivity contribution in [2.24, 2.45) is 0 Å². The van der Waals surface area contributed by atoms with Gasteiger partial charge in [0.2, 0.25) is 0 Å². The summed E-state index contributed by atoms with van der Waals surface area (Å²) < 4.78 is 13.8. The van der Waals surface area contributed by atoms with E-state index in [9.17, 15) is 4.79 Å². The smallest absolute Gasteiger partial charge is 0.287 e. The first-order chi connectivity index (χ1) is 17.1. The van der Waals surface area contributed by atoms with Crippen molar-refractivity contribution in [1.82, 2.24) is 14.9 Å². The van der Waals surface area contributed by atoms with E-state index >= 15 is 0 Å². The van der Waals surface area contributed by atoms with Crippen LogP contribution < -0.4 is 10.1 Å². The zero-order valence-electron chi connectivity index (χ0n) is 20.3. The monoisotopic (exact) mass is 469 g/mol. The number of furan rings is 1. The summed E-state index contributed by atoms with van der Waals surface area (Å²) in [6, 6.07) is 20.1. The summed E-state index contributed by atoms with van der Waals surface area (Å²) in [6.45, 7) is 5.07. The van der Waals surface area contributed by atoms with Crippen LogP contribution in [0.2, 0.25) is 0 Å². The van der Waals surface area contributed by atoms with Gasteiger partial charge in [-0.1, -0.05) is 54.8 Å². The third kappa shape index (κ3) is 5.02. The molecule has 1 saturated carbocycles. The van der Waals surface area contributed by atoms with Crippen LogP contribution in [0.25, 0.3) is 22.7 Å². The molecule has 6 nitrogen and oxygen atoms in total. The lowest BCUT2D eigenvalue weighted by Gasteiger charge is -2.15. The van der Waals surface area contributed by atoms with Crippen LogP contribution >= 0.6 is 0 Å². The van der Waals surface area contributed by atoms with Crippen LogP contribution in [0.1, 0.15) is 60.3 Å². The van der Waals surface area contributed by atoms with E-state index in [1.807, 2.05) is 43.6 Å². The van der Waals surface area contributed by atoms with Crippen LogP contribution in [0, 0.1) is 6.92 Å². The number of rotatable bonds is 8. The molecule has 0 saturated heterocycles.